The van der Waals surface area contributed by atoms with Crippen LogP contribution in [0.4, 0.5) is 5.69 Å². The van der Waals surface area contributed by atoms with E-state index in [4.69, 9.17) is 28.4 Å². The van der Waals surface area contributed by atoms with Crippen molar-refractivity contribution >= 4 is 17.6 Å². The minimum absolute atomic E-state index is 0.185. The fraction of sp³-hybridized carbons (Fsp3) is 0.600. The van der Waals surface area contributed by atoms with E-state index in [2.05, 4.69) is 18.8 Å². The summed E-state index contributed by atoms with van der Waals surface area (Å²) in [5, 5.41) is 3.30. The van der Waals surface area contributed by atoms with Crippen LogP contribution in [0.5, 0.6) is 0 Å². The Bertz CT molecular complexity index is 693. The molecule has 1 aromatic rings. The van der Waals surface area contributed by atoms with Gasteiger partial charge in [-0.25, -0.2) is 9.59 Å². The lowest BCUT2D eigenvalue weighted by Crippen LogP contribution is -2.15. The molecule has 0 fully saturated rings. The largest absolute Gasteiger partial charge is 0.460 e. The molecule has 9 nitrogen and oxygen atoms in total. The summed E-state index contributed by atoms with van der Waals surface area (Å²) in [7, 11) is 0. The first-order valence-electron chi connectivity index (χ1n) is 11.7. The average Bonchev–Trinajstić information content (AvgIpc) is 2.84. The van der Waals surface area contributed by atoms with Crippen molar-refractivity contribution < 1.29 is 38.0 Å². The molecular formula is C25H39NO8. The van der Waals surface area contributed by atoms with Crippen LogP contribution >= 0.6 is 0 Å². The summed E-state index contributed by atoms with van der Waals surface area (Å²) in [6, 6.07) is 7.26. The molecule has 0 amide bonds. The maximum Gasteiger partial charge on any atom is 0.338 e. The predicted octanol–water partition coefficient (Wildman–Crippen LogP) is 3.24. The number of carbonyl (C=O) groups is 2. The monoisotopic (exact) mass is 481 g/mol. The van der Waals surface area contributed by atoms with E-state index in [0.717, 1.165) is 25.1 Å². The topological polar surface area (TPSA) is 102 Å². The van der Waals surface area contributed by atoms with Crippen molar-refractivity contribution in [3.05, 3.63) is 42.0 Å². The third kappa shape index (κ3) is 15.4. The molecule has 192 valence electrons. The van der Waals surface area contributed by atoms with Crippen LogP contribution in [0.2, 0.25) is 0 Å². The van der Waals surface area contributed by atoms with Crippen LogP contribution in [0.25, 0.3) is 0 Å². The highest BCUT2D eigenvalue weighted by molar-refractivity contribution is 5.89. The Morgan fingerprint density at radius 1 is 0.765 bits per heavy atom. The molecule has 1 rings (SSSR count). The zero-order valence-corrected chi connectivity index (χ0v) is 20.5. The number of anilines is 1. The predicted molar refractivity (Wildman–Crippen MR) is 129 cm³/mol. The quantitative estimate of drug-likeness (QED) is 0.161. The Morgan fingerprint density at radius 3 is 1.71 bits per heavy atom. The minimum atomic E-state index is -0.418. The standard InChI is InChI=1S/C25H39NO8/c1-4-5-10-26-23-8-6-22(7-9-23)25(28)34-20-18-32-16-14-30-12-11-29-13-15-31-17-19-33-24(27)21(2)3/h6-9,26H,2,4-5,10-20H2,1,3H3. The molecule has 34 heavy (non-hydrogen) atoms. The number of unbranched alkanes of at least 4 members (excludes halogenated alkanes) is 1. The second kappa shape index (κ2) is 20.0. The molecule has 1 aromatic carbocycles. The second-order valence-electron chi connectivity index (χ2n) is 7.36. The highest BCUT2D eigenvalue weighted by atomic mass is 16.6. The van der Waals surface area contributed by atoms with Crippen molar-refractivity contribution in [3.63, 3.8) is 0 Å². The normalized spacial score (nSPS) is 10.6. The van der Waals surface area contributed by atoms with Gasteiger partial charge in [0.15, 0.2) is 0 Å². The Balaban J connectivity index is 1.87. The van der Waals surface area contributed by atoms with Gasteiger partial charge in [0.2, 0.25) is 0 Å². The average molecular weight is 482 g/mol. The summed E-state index contributed by atoms with van der Waals surface area (Å²) in [5.41, 5.74) is 1.87. The molecule has 0 saturated carbocycles. The summed E-state index contributed by atoms with van der Waals surface area (Å²) in [6.07, 6.45) is 2.24. The van der Waals surface area contributed by atoms with Crippen LogP contribution in [0, 0.1) is 0 Å². The van der Waals surface area contributed by atoms with E-state index < -0.39 is 5.97 Å². The number of benzene rings is 1. The smallest absolute Gasteiger partial charge is 0.338 e. The molecule has 0 atom stereocenters. The fourth-order valence-electron chi connectivity index (χ4n) is 2.49. The molecule has 0 radical (unpaired) electrons. The van der Waals surface area contributed by atoms with Gasteiger partial charge in [0.1, 0.15) is 13.2 Å². The third-order valence-corrected chi connectivity index (χ3v) is 4.37. The molecule has 0 saturated heterocycles. The van der Waals surface area contributed by atoms with E-state index in [1.54, 1.807) is 19.1 Å². The SMILES string of the molecule is C=C(C)C(=O)OCCOCCOCCOCCOCCOC(=O)c1ccc(NCCCC)cc1. The van der Waals surface area contributed by atoms with Crippen LogP contribution in [0.1, 0.15) is 37.0 Å². The molecule has 0 unspecified atom stereocenters. The summed E-state index contributed by atoms with van der Waals surface area (Å²) >= 11 is 0. The number of rotatable bonds is 21. The van der Waals surface area contributed by atoms with Crippen LogP contribution in [-0.4, -0.2) is 84.6 Å². The number of nitrogens with one attached hydrogen (secondary N) is 1. The number of ether oxygens (including phenoxy) is 6. The van der Waals surface area contributed by atoms with Crippen molar-refractivity contribution in [2.24, 2.45) is 0 Å². The zero-order valence-electron chi connectivity index (χ0n) is 20.5. The van der Waals surface area contributed by atoms with E-state index in [1.807, 2.05) is 12.1 Å². The van der Waals surface area contributed by atoms with Gasteiger partial charge >= 0.3 is 11.9 Å². The first-order valence-corrected chi connectivity index (χ1v) is 11.7. The van der Waals surface area contributed by atoms with Gasteiger partial charge in [-0.15, -0.1) is 0 Å². The van der Waals surface area contributed by atoms with Crippen LogP contribution < -0.4 is 5.32 Å². The maximum absolute atomic E-state index is 12.0. The Hall–Kier alpha value is -2.46. The molecule has 0 aliphatic carbocycles. The van der Waals surface area contributed by atoms with Crippen LogP contribution in [0.3, 0.4) is 0 Å². The van der Waals surface area contributed by atoms with E-state index >= 15 is 0 Å². The molecular weight excluding hydrogens is 442 g/mol. The van der Waals surface area contributed by atoms with Crippen molar-refractivity contribution in [1.29, 1.82) is 0 Å². The minimum Gasteiger partial charge on any atom is -0.460 e. The lowest BCUT2D eigenvalue weighted by atomic mass is 10.2. The Kier molecular flexibility index (Phi) is 17.4. The van der Waals surface area contributed by atoms with Gasteiger partial charge in [0.25, 0.3) is 0 Å². The first-order chi connectivity index (χ1) is 16.5. The first kappa shape index (κ1) is 29.6. The van der Waals surface area contributed by atoms with Crippen molar-refractivity contribution in [3.8, 4) is 0 Å². The van der Waals surface area contributed by atoms with E-state index in [9.17, 15) is 9.59 Å². The lowest BCUT2D eigenvalue weighted by Gasteiger charge is -2.09. The molecule has 0 aromatic heterocycles. The molecule has 1 N–H and O–H groups in total. The van der Waals surface area contributed by atoms with Gasteiger partial charge in [-0.05, 0) is 37.6 Å². The Labute approximate surface area is 202 Å². The van der Waals surface area contributed by atoms with Crippen molar-refractivity contribution in [2.75, 3.05) is 77.9 Å². The number of esters is 2. The number of carbonyl (C=O) groups excluding carboxylic acids is 2. The molecule has 0 heterocycles. The van der Waals surface area contributed by atoms with Gasteiger partial charge in [-0.1, -0.05) is 19.9 Å². The van der Waals surface area contributed by atoms with Crippen molar-refractivity contribution in [1.82, 2.24) is 0 Å². The van der Waals surface area contributed by atoms with Gasteiger partial charge in [-0.3, -0.25) is 0 Å². The molecule has 9 heteroatoms. The molecule has 0 bridgehead atoms. The third-order valence-electron chi connectivity index (χ3n) is 4.37. The highest BCUT2D eigenvalue weighted by Gasteiger charge is 2.06. The maximum atomic E-state index is 12.0. The lowest BCUT2D eigenvalue weighted by molar-refractivity contribution is -0.140. The zero-order chi connectivity index (χ0) is 24.9. The Morgan fingerprint density at radius 2 is 1.24 bits per heavy atom. The fourth-order valence-corrected chi connectivity index (χ4v) is 2.49. The van der Waals surface area contributed by atoms with E-state index in [0.29, 0.717) is 64.0 Å². The van der Waals surface area contributed by atoms with E-state index in [1.165, 1.54) is 0 Å². The van der Waals surface area contributed by atoms with Crippen molar-refractivity contribution in [2.45, 2.75) is 26.7 Å². The molecule has 0 spiro atoms. The summed E-state index contributed by atoms with van der Waals surface area (Å²) in [5.74, 6) is -0.785. The van der Waals surface area contributed by atoms with E-state index in [-0.39, 0.29) is 19.2 Å². The summed E-state index contributed by atoms with van der Waals surface area (Å²) in [6.45, 7) is 11.7. The second-order valence-corrected chi connectivity index (χ2v) is 7.36. The summed E-state index contributed by atoms with van der Waals surface area (Å²) < 4.78 is 31.6. The molecule has 0 aliphatic rings. The van der Waals surface area contributed by atoms with Gasteiger partial charge in [0.05, 0.1) is 58.4 Å². The van der Waals surface area contributed by atoms with Crippen LogP contribution in [0.15, 0.2) is 36.4 Å². The number of hydrogen-bond acceptors (Lipinski definition) is 9. The number of hydrogen-bond donors (Lipinski definition) is 1. The van der Waals surface area contributed by atoms with Gasteiger partial charge in [-0.2, -0.15) is 0 Å². The van der Waals surface area contributed by atoms with Gasteiger partial charge < -0.3 is 33.7 Å². The van der Waals surface area contributed by atoms with Crippen LogP contribution in [-0.2, 0) is 33.2 Å². The summed E-state index contributed by atoms with van der Waals surface area (Å²) in [4.78, 5) is 23.2. The van der Waals surface area contributed by atoms with Gasteiger partial charge in [0, 0.05) is 17.8 Å². The highest BCUT2D eigenvalue weighted by Crippen LogP contribution is 2.10. The molecule has 0 aliphatic heterocycles.